The predicted molar refractivity (Wildman–Crippen MR) is 136 cm³/mol. The van der Waals surface area contributed by atoms with E-state index in [1.54, 1.807) is 33.7 Å². The van der Waals surface area contributed by atoms with Crippen molar-refractivity contribution in [3.63, 3.8) is 0 Å². The van der Waals surface area contributed by atoms with Crippen LogP contribution in [0.4, 0.5) is 0 Å². The molecule has 0 saturated heterocycles. The van der Waals surface area contributed by atoms with Crippen LogP contribution in [-0.2, 0) is 4.79 Å². The highest BCUT2D eigenvalue weighted by molar-refractivity contribution is 8.76. The van der Waals surface area contributed by atoms with E-state index < -0.39 is 5.91 Å². The topological polar surface area (TPSA) is 72.2 Å². The summed E-state index contributed by atoms with van der Waals surface area (Å²) in [6.45, 7) is 13.7. The molecule has 3 atom stereocenters. The van der Waals surface area contributed by atoms with Crippen molar-refractivity contribution in [1.82, 2.24) is 5.32 Å². The Morgan fingerprint density at radius 1 is 0.935 bits per heavy atom. The van der Waals surface area contributed by atoms with E-state index in [9.17, 15) is 9.59 Å². The molecule has 176 valence electrons. The van der Waals surface area contributed by atoms with Crippen molar-refractivity contribution in [2.24, 2.45) is 29.4 Å². The smallest absolute Gasteiger partial charge is 0.248 e. The first-order valence-electron chi connectivity index (χ1n) is 11.8. The number of amides is 2. The van der Waals surface area contributed by atoms with Crippen LogP contribution in [0.5, 0.6) is 0 Å². The quantitative estimate of drug-likeness (QED) is 0.227. The van der Waals surface area contributed by atoms with Gasteiger partial charge in [0.1, 0.15) is 0 Å². The lowest BCUT2D eigenvalue weighted by atomic mass is 9.69. The number of hydrogen-bond acceptors (Lipinski definition) is 4. The Kier molecular flexibility index (Phi) is 13.3. The third-order valence-corrected chi connectivity index (χ3v) is 9.05. The molecule has 1 rings (SSSR count). The molecular formula is C25H42N2O2S2. The Bertz CT molecular complexity index is 658. The average molecular weight is 467 g/mol. The van der Waals surface area contributed by atoms with Gasteiger partial charge in [0.25, 0.3) is 0 Å². The lowest BCUT2D eigenvalue weighted by molar-refractivity contribution is -0.122. The molecule has 0 aromatic heterocycles. The van der Waals surface area contributed by atoms with Gasteiger partial charge >= 0.3 is 0 Å². The maximum atomic E-state index is 12.6. The van der Waals surface area contributed by atoms with E-state index in [0.717, 1.165) is 23.5 Å². The summed E-state index contributed by atoms with van der Waals surface area (Å²) >= 11 is 0. The van der Waals surface area contributed by atoms with Crippen molar-refractivity contribution in [2.75, 3.05) is 5.75 Å². The van der Waals surface area contributed by atoms with Crippen molar-refractivity contribution in [3.05, 3.63) is 29.8 Å². The standard InChI is InChI=1S/C25H42N2O2S2/c1-7-19(8-2)17(5)24(20(9-3)10-4)18(6)27-23(28)15-16-30-31-22-13-11-21(12-14-22)25(26)29/h11-14,17-20,24H,7-10,15-16H2,1-6H3,(H2,26,29)(H,27,28). The van der Waals surface area contributed by atoms with Crippen LogP contribution in [0.25, 0.3) is 0 Å². The summed E-state index contributed by atoms with van der Waals surface area (Å²) in [7, 11) is 3.28. The maximum absolute atomic E-state index is 12.6. The van der Waals surface area contributed by atoms with Crippen molar-refractivity contribution in [2.45, 2.75) is 84.6 Å². The Morgan fingerprint density at radius 3 is 1.97 bits per heavy atom. The molecule has 0 bridgehead atoms. The van der Waals surface area contributed by atoms with Gasteiger partial charge in [-0.3, -0.25) is 9.59 Å². The van der Waals surface area contributed by atoms with E-state index in [0.29, 0.717) is 35.7 Å². The van der Waals surface area contributed by atoms with Gasteiger partial charge in [0.15, 0.2) is 0 Å². The highest BCUT2D eigenvalue weighted by Gasteiger charge is 2.33. The molecule has 3 unspecified atom stereocenters. The minimum absolute atomic E-state index is 0.136. The summed E-state index contributed by atoms with van der Waals surface area (Å²) in [5.41, 5.74) is 5.78. The molecule has 4 nitrogen and oxygen atoms in total. The fraction of sp³-hybridized carbons (Fsp3) is 0.680. The second-order valence-corrected chi connectivity index (χ2v) is 11.0. The number of rotatable bonds is 15. The zero-order chi connectivity index (χ0) is 23.4. The molecule has 0 aliphatic carbocycles. The van der Waals surface area contributed by atoms with E-state index in [-0.39, 0.29) is 11.9 Å². The first kappa shape index (κ1) is 27.9. The number of benzene rings is 1. The molecule has 0 aliphatic heterocycles. The number of carbonyl (C=O) groups is 2. The number of primary amides is 1. The average Bonchev–Trinajstić information content (AvgIpc) is 2.75. The molecule has 0 spiro atoms. The summed E-state index contributed by atoms with van der Waals surface area (Å²) in [5, 5.41) is 3.32. The van der Waals surface area contributed by atoms with Gasteiger partial charge in [-0.2, -0.15) is 0 Å². The number of hydrogen-bond donors (Lipinski definition) is 2. The maximum Gasteiger partial charge on any atom is 0.248 e. The first-order valence-corrected chi connectivity index (χ1v) is 14.1. The predicted octanol–water partition coefficient (Wildman–Crippen LogP) is 6.55. The molecule has 0 heterocycles. The molecule has 6 heteroatoms. The van der Waals surface area contributed by atoms with Gasteiger partial charge in [0, 0.05) is 28.7 Å². The van der Waals surface area contributed by atoms with Gasteiger partial charge in [-0.25, -0.2) is 0 Å². The first-order chi connectivity index (χ1) is 14.8. The fourth-order valence-electron chi connectivity index (χ4n) is 4.81. The van der Waals surface area contributed by atoms with Crippen molar-refractivity contribution < 1.29 is 9.59 Å². The molecule has 1 aromatic rings. The van der Waals surface area contributed by atoms with Crippen LogP contribution in [0.15, 0.2) is 29.2 Å². The molecule has 3 N–H and O–H groups in total. The van der Waals surface area contributed by atoms with Crippen LogP contribution in [0.3, 0.4) is 0 Å². The van der Waals surface area contributed by atoms with Crippen LogP contribution < -0.4 is 11.1 Å². The van der Waals surface area contributed by atoms with E-state index in [1.165, 1.54) is 12.8 Å². The van der Waals surface area contributed by atoms with Crippen molar-refractivity contribution >= 4 is 33.4 Å². The largest absolute Gasteiger partial charge is 0.366 e. The third-order valence-electron chi connectivity index (χ3n) is 6.66. The lowest BCUT2D eigenvalue weighted by Crippen LogP contribution is -2.45. The number of nitrogens with one attached hydrogen (secondary N) is 1. The van der Waals surface area contributed by atoms with Crippen LogP contribution in [-0.4, -0.2) is 23.6 Å². The van der Waals surface area contributed by atoms with Gasteiger partial charge in [-0.15, -0.1) is 0 Å². The zero-order valence-corrected chi connectivity index (χ0v) is 21.8. The van der Waals surface area contributed by atoms with Crippen LogP contribution >= 0.6 is 21.6 Å². The summed E-state index contributed by atoms with van der Waals surface area (Å²) < 4.78 is 0. The molecule has 1 aromatic carbocycles. The second-order valence-electron chi connectivity index (χ2n) is 8.49. The van der Waals surface area contributed by atoms with Gasteiger partial charge < -0.3 is 11.1 Å². The van der Waals surface area contributed by atoms with E-state index in [2.05, 4.69) is 46.9 Å². The molecular weight excluding hydrogens is 424 g/mol. The summed E-state index contributed by atoms with van der Waals surface area (Å²) in [6, 6.07) is 7.43. The normalized spacial score (nSPS) is 14.5. The Morgan fingerprint density at radius 2 is 1.48 bits per heavy atom. The van der Waals surface area contributed by atoms with Gasteiger partial charge in [-0.1, -0.05) is 81.9 Å². The minimum atomic E-state index is -0.416. The molecule has 0 fully saturated rings. The molecule has 2 amide bonds. The fourth-order valence-corrected chi connectivity index (χ4v) is 6.79. The second kappa shape index (κ2) is 14.8. The zero-order valence-electron chi connectivity index (χ0n) is 20.1. The molecule has 0 radical (unpaired) electrons. The lowest BCUT2D eigenvalue weighted by Gasteiger charge is -2.39. The highest BCUT2D eigenvalue weighted by Crippen LogP contribution is 2.36. The highest BCUT2D eigenvalue weighted by atomic mass is 33.1. The summed E-state index contributed by atoms with van der Waals surface area (Å²) in [6.07, 6.45) is 5.22. The molecule has 0 saturated carbocycles. The molecule has 31 heavy (non-hydrogen) atoms. The minimum Gasteiger partial charge on any atom is -0.366 e. The third kappa shape index (κ3) is 9.09. The SMILES string of the molecule is CCC(CC)C(C)C(C(CC)CC)C(C)NC(=O)CCSSc1ccc(C(N)=O)cc1. The van der Waals surface area contributed by atoms with E-state index in [1.807, 2.05) is 12.1 Å². The van der Waals surface area contributed by atoms with Gasteiger partial charge in [-0.05, 0) is 54.9 Å². The number of nitrogens with two attached hydrogens (primary N) is 1. The Balaban J connectivity index is 2.57. The Hall–Kier alpha value is -1.14. The van der Waals surface area contributed by atoms with Gasteiger partial charge in [0.2, 0.25) is 11.8 Å². The Labute approximate surface area is 197 Å². The van der Waals surface area contributed by atoms with Crippen LogP contribution in [0, 0.1) is 23.7 Å². The van der Waals surface area contributed by atoms with Crippen molar-refractivity contribution in [3.8, 4) is 0 Å². The summed E-state index contributed by atoms with van der Waals surface area (Å²) in [4.78, 5) is 24.8. The van der Waals surface area contributed by atoms with Gasteiger partial charge in [0.05, 0.1) is 0 Å². The monoisotopic (exact) mass is 466 g/mol. The summed E-state index contributed by atoms with van der Waals surface area (Å²) in [5.74, 6) is 2.92. The van der Waals surface area contributed by atoms with E-state index >= 15 is 0 Å². The molecule has 0 aliphatic rings. The van der Waals surface area contributed by atoms with Crippen LogP contribution in [0.1, 0.15) is 84.0 Å². The van der Waals surface area contributed by atoms with E-state index in [4.69, 9.17) is 5.73 Å². The van der Waals surface area contributed by atoms with Crippen LogP contribution in [0.2, 0.25) is 0 Å². The number of carbonyl (C=O) groups excluding carboxylic acids is 2. The van der Waals surface area contributed by atoms with Crippen molar-refractivity contribution in [1.29, 1.82) is 0 Å².